The highest BCUT2D eigenvalue weighted by Gasteiger charge is 2.29. The average Bonchev–Trinajstić information content (AvgIpc) is 3.13. The van der Waals surface area contributed by atoms with Crippen molar-refractivity contribution in [2.45, 2.75) is 45.4 Å². The van der Waals surface area contributed by atoms with E-state index in [2.05, 4.69) is 9.97 Å². The number of pyridine rings is 2. The maximum absolute atomic E-state index is 13.0. The van der Waals surface area contributed by atoms with Crippen molar-refractivity contribution in [3.05, 3.63) is 36.2 Å². The fourth-order valence-electron chi connectivity index (χ4n) is 4.85. The summed E-state index contributed by atoms with van der Waals surface area (Å²) >= 11 is 0. The average molecular weight is 395 g/mol. The molecule has 1 saturated heterocycles. The predicted molar refractivity (Wildman–Crippen MR) is 112 cm³/mol. The van der Waals surface area contributed by atoms with E-state index < -0.39 is 0 Å². The summed E-state index contributed by atoms with van der Waals surface area (Å²) in [6, 6.07) is 5.88. The molecule has 1 aliphatic heterocycles. The molecule has 2 amide bonds. The molecule has 6 nitrogen and oxygen atoms in total. The second-order valence-electron chi connectivity index (χ2n) is 8.57. The Kier molecular flexibility index (Phi) is 6.07. The lowest BCUT2D eigenvalue weighted by atomic mass is 9.97. The predicted octanol–water partition coefficient (Wildman–Crippen LogP) is 3.06. The number of hydrogen-bond acceptors (Lipinski definition) is 4. The standard InChI is InChI=1S/C23H30N4O2/c1-17(28)26-11-12-27(22(29)14-18-5-2-3-6-18)16-19(15-26)13-20-8-10-24-21-7-4-9-25-23(20)21/h4,7-10,18-19H,2-3,5-6,11-16H2,1H3/t19-/m1/s1. The lowest BCUT2D eigenvalue weighted by Gasteiger charge is -2.25. The SMILES string of the molecule is CC(=O)N1CCN(C(=O)CC2CCCC2)C[C@H](Cc2ccnc3cccnc23)C1. The number of nitrogens with zero attached hydrogens (tertiary/aromatic N) is 4. The number of carbonyl (C=O) groups is 2. The largest absolute Gasteiger partial charge is 0.341 e. The maximum atomic E-state index is 13.0. The third kappa shape index (κ3) is 4.74. The first-order valence-corrected chi connectivity index (χ1v) is 10.8. The molecule has 0 spiro atoms. The van der Waals surface area contributed by atoms with Crippen molar-refractivity contribution >= 4 is 22.8 Å². The van der Waals surface area contributed by atoms with Gasteiger partial charge in [0.2, 0.25) is 11.8 Å². The van der Waals surface area contributed by atoms with Crippen LogP contribution < -0.4 is 0 Å². The Morgan fingerprint density at radius 2 is 1.76 bits per heavy atom. The molecule has 0 aromatic carbocycles. The minimum absolute atomic E-state index is 0.0813. The van der Waals surface area contributed by atoms with Gasteiger partial charge in [-0.05, 0) is 54.9 Å². The normalized spacial score (nSPS) is 20.8. The van der Waals surface area contributed by atoms with E-state index in [1.54, 1.807) is 13.1 Å². The minimum atomic E-state index is 0.0813. The van der Waals surface area contributed by atoms with Crippen molar-refractivity contribution in [2.75, 3.05) is 26.2 Å². The van der Waals surface area contributed by atoms with Crippen LogP contribution in [0, 0.1) is 11.8 Å². The molecule has 154 valence electrons. The molecule has 1 saturated carbocycles. The fourth-order valence-corrected chi connectivity index (χ4v) is 4.85. The summed E-state index contributed by atoms with van der Waals surface area (Å²) < 4.78 is 0. The zero-order valence-corrected chi connectivity index (χ0v) is 17.2. The third-order valence-electron chi connectivity index (χ3n) is 6.42. The molecule has 3 heterocycles. The van der Waals surface area contributed by atoms with Gasteiger partial charge >= 0.3 is 0 Å². The first kappa shape index (κ1) is 19.8. The Bertz CT molecular complexity index is 873. The minimum Gasteiger partial charge on any atom is -0.341 e. The van der Waals surface area contributed by atoms with Crippen LogP contribution in [-0.2, 0) is 16.0 Å². The Hall–Kier alpha value is -2.50. The summed E-state index contributed by atoms with van der Waals surface area (Å²) in [7, 11) is 0. The van der Waals surface area contributed by atoms with E-state index in [9.17, 15) is 9.59 Å². The molecule has 1 aliphatic carbocycles. The summed E-state index contributed by atoms with van der Waals surface area (Å²) in [4.78, 5) is 37.9. The zero-order valence-electron chi connectivity index (χ0n) is 17.2. The first-order valence-electron chi connectivity index (χ1n) is 10.8. The van der Waals surface area contributed by atoms with Crippen LogP contribution in [0.4, 0.5) is 0 Å². The van der Waals surface area contributed by atoms with Crippen molar-refractivity contribution in [2.24, 2.45) is 11.8 Å². The van der Waals surface area contributed by atoms with E-state index >= 15 is 0 Å². The second kappa shape index (κ2) is 8.89. The lowest BCUT2D eigenvalue weighted by Crippen LogP contribution is -2.37. The molecule has 2 aliphatic rings. The Morgan fingerprint density at radius 3 is 2.55 bits per heavy atom. The van der Waals surface area contributed by atoms with E-state index in [-0.39, 0.29) is 17.7 Å². The highest BCUT2D eigenvalue weighted by molar-refractivity contribution is 5.78. The number of fused-ring (bicyclic) bond motifs is 1. The molecule has 1 atom stereocenters. The summed E-state index contributed by atoms with van der Waals surface area (Å²) in [5.74, 6) is 1.07. The van der Waals surface area contributed by atoms with Crippen LogP contribution in [-0.4, -0.2) is 57.8 Å². The summed E-state index contributed by atoms with van der Waals surface area (Å²) in [6.45, 7) is 4.26. The summed E-state index contributed by atoms with van der Waals surface area (Å²) in [5, 5.41) is 0. The van der Waals surface area contributed by atoms with Gasteiger partial charge in [0, 0.05) is 51.9 Å². The van der Waals surface area contributed by atoms with Gasteiger partial charge in [-0.2, -0.15) is 0 Å². The number of rotatable bonds is 4. The first-order chi connectivity index (χ1) is 14.1. The molecule has 0 radical (unpaired) electrons. The van der Waals surface area contributed by atoms with Crippen molar-refractivity contribution < 1.29 is 9.59 Å². The number of aromatic nitrogens is 2. The molecular formula is C23H30N4O2. The molecule has 6 heteroatoms. The van der Waals surface area contributed by atoms with Crippen molar-refractivity contribution in [3.63, 3.8) is 0 Å². The highest BCUT2D eigenvalue weighted by Crippen LogP contribution is 2.29. The van der Waals surface area contributed by atoms with Crippen LogP contribution in [0.1, 0.15) is 44.6 Å². The fraction of sp³-hybridized carbons (Fsp3) is 0.565. The summed E-state index contributed by atoms with van der Waals surface area (Å²) in [5.41, 5.74) is 2.93. The zero-order chi connectivity index (χ0) is 20.2. The Morgan fingerprint density at radius 1 is 1.00 bits per heavy atom. The molecule has 0 unspecified atom stereocenters. The van der Waals surface area contributed by atoms with E-state index in [1.807, 2.05) is 34.2 Å². The van der Waals surface area contributed by atoms with E-state index in [0.717, 1.165) is 23.0 Å². The number of carbonyl (C=O) groups excluding carboxylic acids is 2. The van der Waals surface area contributed by atoms with Crippen LogP contribution >= 0.6 is 0 Å². The molecule has 0 N–H and O–H groups in total. The maximum Gasteiger partial charge on any atom is 0.222 e. The Labute approximate surface area is 172 Å². The van der Waals surface area contributed by atoms with Crippen molar-refractivity contribution in [1.82, 2.24) is 19.8 Å². The van der Waals surface area contributed by atoms with E-state index in [4.69, 9.17) is 0 Å². The topological polar surface area (TPSA) is 66.4 Å². The van der Waals surface area contributed by atoms with Crippen LogP contribution in [0.15, 0.2) is 30.6 Å². The van der Waals surface area contributed by atoms with Gasteiger partial charge in [0.1, 0.15) is 0 Å². The summed E-state index contributed by atoms with van der Waals surface area (Å²) in [6.07, 6.45) is 9.91. The van der Waals surface area contributed by atoms with Crippen molar-refractivity contribution in [3.8, 4) is 0 Å². The van der Waals surface area contributed by atoms with Crippen LogP contribution in [0.25, 0.3) is 11.0 Å². The van der Waals surface area contributed by atoms with Gasteiger partial charge in [-0.25, -0.2) is 0 Å². The molecule has 0 bridgehead atoms. The Balaban J connectivity index is 1.52. The van der Waals surface area contributed by atoms with E-state index in [0.29, 0.717) is 38.5 Å². The van der Waals surface area contributed by atoms with Gasteiger partial charge in [0.25, 0.3) is 0 Å². The number of hydrogen-bond donors (Lipinski definition) is 0. The van der Waals surface area contributed by atoms with Crippen molar-refractivity contribution in [1.29, 1.82) is 0 Å². The van der Waals surface area contributed by atoms with Gasteiger partial charge in [-0.15, -0.1) is 0 Å². The molecule has 29 heavy (non-hydrogen) atoms. The van der Waals surface area contributed by atoms with Gasteiger partial charge < -0.3 is 9.80 Å². The van der Waals surface area contributed by atoms with Crippen LogP contribution in [0.5, 0.6) is 0 Å². The molecular weight excluding hydrogens is 364 g/mol. The van der Waals surface area contributed by atoms with E-state index in [1.165, 1.54) is 25.7 Å². The monoisotopic (exact) mass is 394 g/mol. The van der Waals surface area contributed by atoms with Gasteiger partial charge in [-0.1, -0.05) is 12.8 Å². The molecule has 2 aromatic heterocycles. The molecule has 4 rings (SSSR count). The molecule has 2 aromatic rings. The second-order valence-corrected chi connectivity index (χ2v) is 8.57. The smallest absolute Gasteiger partial charge is 0.222 e. The van der Waals surface area contributed by atoms with Gasteiger partial charge in [0.05, 0.1) is 11.0 Å². The number of amides is 2. The third-order valence-corrected chi connectivity index (χ3v) is 6.42. The van der Waals surface area contributed by atoms with Crippen LogP contribution in [0.2, 0.25) is 0 Å². The van der Waals surface area contributed by atoms with Gasteiger partial charge in [-0.3, -0.25) is 19.6 Å². The molecule has 2 fully saturated rings. The quantitative estimate of drug-likeness (QED) is 0.799. The highest BCUT2D eigenvalue weighted by atomic mass is 16.2. The van der Waals surface area contributed by atoms with Crippen LogP contribution in [0.3, 0.4) is 0 Å². The van der Waals surface area contributed by atoms with Gasteiger partial charge in [0.15, 0.2) is 0 Å². The lowest BCUT2D eigenvalue weighted by molar-refractivity contribution is -0.133.